The van der Waals surface area contributed by atoms with Crippen LogP contribution in [0.15, 0.2) is 48.5 Å². The van der Waals surface area contributed by atoms with Gasteiger partial charge in [0.1, 0.15) is 23.9 Å². The molecule has 0 aliphatic heterocycles. The van der Waals surface area contributed by atoms with Crippen molar-refractivity contribution in [3.05, 3.63) is 48.5 Å². The van der Waals surface area contributed by atoms with Gasteiger partial charge in [0.15, 0.2) is 6.10 Å². The summed E-state index contributed by atoms with van der Waals surface area (Å²) in [7, 11) is -0.270. The van der Waals surface area contributed by atoms with Crippen LogP contribution in [0.4, 0.5) is 5.69 Å². The highest BCUT2D eigenvalue weighted by Crippen LogP contribution is 2.21. The Morgan fingerprint density at radius 2 is 1.59 bits per heavy atom. The highest BCUT2D eigenvalue weighted by molar-refractivity contribution is 7.92. The number of carbonyl (C=O) groups excluding carboxylic acids is 1. The Balaban J connectivity index is 1.76. The lowest BCUT2D eigenvalue weighted by Crippen LogP contribution is -2.38. The second-order valence-corrected chi connectivity index (χ2v) is 8.31. The normalized spacial score (nSPS) is 12.0. The summed E-state index contributed by atoms with van der Waals surface area (Å²) < 4.78 is 40.5. The zero-order chi connectivity index (χ0) is 21.4. The first-order chi connectivity index (χ1) is 13.7. The molecule has 0 radical (unpaired) electrons. The van der Waals surface area contributed by atoms with Gasteiger partial charge >= 0.3 is 0 Å². The van der Waals surface area contributed by atoms with Crippen molar-refractivity contribution in [1.29, 1.82) is 0 Å². The Morgan fingerprint density at radius 3 is 2.14 bits per heavy atom. The van der Waals surface area contributed by atoms with Crippen molar-refractivity contribution in [3.63, 3.8) is 0 Å². The van der Waals surface area contributed by atoms with E-state index < -0.39 is 16.1 Å². The molecule has 0 aliphatic carbocycles. The summed E-state index contributed by atoms with van der Waals surface area (Å²) >= 11 is 0. The molecule has 2 aromatic carbocycles. The van der Waals surface area contributed by atoms with Crippen LogP contribution in [0.3, 0.4) is 0 Å². The Labute approximate surface area is 171 Å². The Hall–Kier alpha value is -2.94. The predicted molar refractivity (Wildman–Crippen MR) is 111 cm³/mol. The molecule has 158 valence electrons. The molecule has 1 amide bonds. The number of ether oxygens (including phenoxy) is 3. The summed E-state index contributed by atoms with van der Waals surface area (Å²) in [5, 5.41) is 2.74. The number of anilines is 1. The third kappa shape index (κ3) is 6.86. The molecule has 0 bridgehead atoms. The number of rotatable bonds is 10. The molecule has 0 heterocycles. The molecule has 9 heteroatoms. The minimum absolute atomic E-state index is 0.277. The molecule has 8 nitrogen and oxygen atoms in total. The maximum atomic E-state index is 12.2. The van der Waals surface area contributed by atoms with Gasteiger partial charge < -0.3 is 19.5 Å². The van der Waals surface area contributed by atoms with E-state index in [9.17, 15) is 13.2 Å². The molecule has 0 saturated heterocycles. The smallest absolute Gasteiger partial charge is 0.260 e. The van der Waals surface area contributed by atoms with Crippen molar-refractivity contribution in [2.75, 3.05) is 37.9 Å². The third-order valence-electron chi connectivity index (χ3n) is 4.11. The molecule has 2 aromatic rings. The first kappa shape index (κ1) is 22.4. The van der Waals surface area contributed by atoms with Gasteiger partial charge in [-0.15, -0.1) is 0 Å². The molecule has 0 fully saturated rings. The van der Waals surface area contributed by atoms with Gasteiger partial charge in [0, 0.05) is 7.05 Å². The number of nitrogens with one attached hydrogen (secondary N) is 1. The average molecular weight is 423 g/mol. The zero-order valence-corrected chi connectivity index (χ0v) is 17.7. The Kier molecular flexibility index (Phi) is 7.72. The number of carbonyl (C=O) groups is 1. The summed E-state index contributed by atoms with van der Waals surface area (Å²) in [5.41, 5.74) is 0.507. The van der Waals surface area contributed by atoms with E-state index in [0.29, 0.717) is 30.3 Å². The predicted octanol–water partition coefficient (Wildman–Crippen LogP) is 2.05. The maximum Gasteiger partial charge on any atom is 0.260 e. The number of sulfonamides is 1. The highest BCUT2D eigenvalue weighted by Gasteiger charge is 2.15. The lowest BCUT2D eigenvalue weighted by atomic mass is 10.3. The van der Waals surface area contributed by atoms with Gasteiger partial charge in [-0.3, -0.25) is 9.10 Å². The summed E-state index contributed by atoms with van der Waals surface area (Å²) in [6, 6.07) is 13.6. The van der Waals surface area contributed by atoms with E-state index in [-0.39, 0.29) is 5.91 Å². The monoisotopic (exact) mass is 422 g/mol. The number of hydrogen-bond acceptors (Lipinski definition) is 6. The lowest BCUT2D eigenvalue weighted by Gasteiger charge is -2.18. The molecule has 0 aromatic heterocycles. The molecule has 1 N–H and O–H groups in total. The second kappa shape index (κ2) is 10.0. The van der Waals surface area contributed by atoms with Crippen LogP contribution < -0.4 is 23.8 Å². The lowest BCUT2D eigenvalue weighted by molar-refractivity contribution is -0.127. The van der Waals surface area contributed by atoms with Gasteiger partial charge in [0.25, 0.3) is 5.91 Å². The highest BCUT2D eigenvalue weighted by atomic mass is 32.2. The Morgan fingerprint density at radius 1 is 1.03 bits per heavy atom. The third-order valence-corrected chi connectivity index (χ3v) is 5.32. The molecule has 0 spiro atoms. The molecule has 0 unspecified atom stereocenters. The van der Waals surface area contributed by atoms with E-state index in [1.54, 1.807) is 62.6 Å². The molecule has 2 rings (SSSR count). The molecular formula is C20H26N2O6S. The van der Waals surface area contributed by atoms with Crippen LogP contribution in [0, 0.1) is 0 Å². The number of hydrogen-bond donors (Lipinski definition) is 1. The fraction of sp³-hybridized carbons (Fsp3) is 0.350. The number of amides is 1. The summed E-state index contributed by atoms with van der Waals surface area (Å²) in [5.74, 6) is 1.62. The van der Waals surface area contributed by atoms with Crippen LogP contribution in [-0.4, -0.2) is 54.0 Å². The van der Waals surface area contributed by atoms with Crippen LogP contribution in [-0.2, 0) is 14.8 Å². The number of nitrogens with zero attached hydrogens (tertiary/aromatic N) is 1. The van der Waals surface area contributed by atoms with Crippen molar-refractivity contribution >= 4 is 21.6 Å². The largest absolute Gasteiger partial charge is 0.497 e. The van der Waals surface area contributed by atoms with E-state index >= 15 is 0 Å². The molecular weight excluding hydrogens is 396 g/mol. The van der Waals surface area contributed by atoms with E-state index in [2.05, 4.69) is 5.32 Å². The molecule has 0 saturated carbocycles. The molecule has 0 aliphatic rings. The van der Waals surface area contributed by atoms with E-state index in [4.69, 9.17) is 14.2 Å². The van der Waals surface area contributed by atoms with E-state index in [0.717, 1.165) is 16.3 Å². The zero-order valence-electron chi connectivity index (χ0n) is 16.9. The van der Waals surface area contributed by atoms with E-state index in [1.807, 2.05) is 0 Å². The minimum atomic E-state index is -3.33. The fourth-order valence-corrected chi connectivity index (χ4v) is 2.85. The first-order valence-corrected chi connectivity index (χ1v) is 10.8. The van der Waals surface area contributed by atoms with Gasteiger partial charge in [0.2, 0.25) is 10.0 Å². The minimum Gasteiger partial charge on any atom is -0.497 e. The van der Waals surface area contributed by atoms with Crippen molar-refractivity contribution in [2.24, 2.45) is 0 Å². The fourth-order valence-electron chi connectivity index (χ4n) is 2.34. The second-order valence-electron chi connectivity index (χ2n) is 6.30. The van der Waals surface area contributed by atoms with Crippen molar-refractivity contribution < 1.29 is 27.4 Å². The summed E-state index contributed by atoms with van der Waals surface area (Å²) in [6.07, 6.45) is 0.414. The SMILES string of the molecule is COc1ccc(OCCNC(=O)[C@@H](C)Oc2ccc(N(C)S(C)(=O)=O)cc2)cc1. The van der Waals surface area contributed by atoms with Crippen LogP contribution in [0.2, 0.25) is 0 Å². The maximum absolute atomic E-state index is 12.2. The summed E-state index contributed by atoms with van der Waals surface area (Å²) in [6.45, 7) is 2.28. The average Bonchev–Trinajstić information content (AvgIpc) is 2.70. The van der Waals surface area contributed by atoms with Crippen molar-refractivity contribution in [2.45, 2.75) is 13.0 Å². The summed E-state index contributed by atoms with van der Waals surface area (Å²) in [4.78, 5) is 12.2. The van der Waals surface area contributed by atoms with Crippen LogP contribution in [0.1, 0.15) is 6.92 Å². The van der Waals surface area contributed by atoms with Crippen LogP contribution in [0.25, 0.3) is 0 Å². The number of methoxy groups -OCH3 is 1. The van der Waals surface area contributed by atoms with Crippen LogP contribution >= 0.6 is 0 Å². The van der Waals surface area contributed by atoms with Gasteiger partial charge in [-0.25, -0.2) is 8.42 Å². The van der Waals surface area contributed by atoms with Gasteiger partial charge in [-0.2, -0.15) is 0 Å². The number of benzene rings is 2. The quantitative estimate of drug-likeness (QED) is 0.589. The van der Waals surface area contributed by atoms with Gasteiger partial charge in [0.05, 0.1) is 25.6 Å². The van der Waals surface area contributed by atoms with Gasteiger partial charge in [-0.05, 0) is 55.5 Å². The molecule has 29 heavy (non-hydrogen) atoms. The molecule has 1 atom stereocenters. The first-order valence-electron chi connectivity index (χ1n) is 8.96. The Bertz CT molecular complexity index is 898. The topological polar surface area (TPSA) is 94.2 Å². The van der Waals surface area contributed by atoms with Crippen LogP contribution in [0.5, 0.6) is 17.2 Å². The van der Waals surface area contributed by atoms with Crippen molar-refractivity contribution in [3.8, 4) is 17.2 Å². The van der Waals surface area contributed by atoms with E-state index in [1.165, 1.54) is 7.05 Å². The van der Waals surface area contributed by atoms with Crippen molar-refractivity contribution in [1.82, 2.24) is 5.32 Å². The standard InChI is InChI=1S/C20H26N2O6S/c1-15(28-19-7-5-16(6-8-19)22(2)29(4,24)25)20(23)21-13-14-27-18-11-9-17(26-3)10-12-18/h5-12,15H,13-14H2,1-4H3,(H,21,23)/t15-/m1/s1. The van der Waals surface area contributed by atoms with Gasteiger partial charge in [-0.1, -0.05) is 0 Å².